The van der Waals surface area contributed by atoms with Gasteiger partial charge in [-0.15, -0.1) is 0 Å². The summed E-state index contributed by atoms with van der Waals surface area (Å²) in [5, 5.41) is 0. The van der Waals surface area contributed by atoms with E-state index in [1.165, 1.54) is 0 Å². The van der Waals surface area contributed by atoms with E-state index in [0.29, 0.717) is 4.50 Å². The summed E-state index contributed by atoms with van der Waals surface area (Å²) in [6.07, 6.45) is 0. The number of thioether (sulfide) groups is 1. The van der Waals surface area contributed by atoms with Gasteiger partial charge in [-0.1, -0.05) is 23.4 Å². The number of nitrogens with zero attached hydrogens (tertiary/aromatic N) is 1. The predicted octanol–water partition coefficient (Wildman–Crippen LogP) is 0.654. The molecule has 58 valence electrons. The van der Waals surface area contributed by atoms with E-state index in [1.54, 1.807) is 6.92 Å². The molecule has 0 saturated carbocycles. The molecule has 1 heterocycles. The van der Waals surface area contributed by atoms with E-state index in [1.807, 2.05) is 0 Å². The minimum Gasteiger partial charge on any atom is -0.262 e. The van der Waals surface area contributed by atoms with Crippen molar-refractivity contribution in [2.75, 3.05) is 0 Å². The maximum Gasteiger partial charge on any atom is 0.159 e. The van der Waals surface area contributed by atoms with E-state index < -0.39 is 15.3 Å². The zero-order valence-corrected chi connectivity index (χ0v) is 7.62. The van der Waals surface area contributed by atoms with E-state index in [-0.39, 0.29) is 6.04 Å². The van der Waals surface area contributed by atoms with Crippen LogP contribution in [0.4, 0.5) is 0 Å². The van der Waals surface area contributed by atoms with Crippen molar-refractivity contribution in [2.45, 2.75) is 17.5 Å². The van der Waals surface area contributed by atoms with E-state index in [2.05, 4.69) is 4.99 Å². The topological polar surface area (TPSA) is 46.5 Å². The first-order valence-corrected chi connectivity index (χ1v) is 5.15. The molecule has 0 fully saturated rings. The molecule has 2 unspecified atom stereocenters. The van der Waals surface area contributed by atoms with Gasteiger partial charge in [0.05, 0.1) is 6.04 Å². The molecule has 2 atom stereocenters. The van der Waals surface area contributed by atoms with Gasteiger partial charge in [0.25, 0.3) is 0 Å². The first-order chi connectivity index (χ1) is 4.61. The second-order valence-corrected chi connectivity index (χ2v) is 5.11. The molecule has 10 heavy (non-hydrogen) atoms. The molecule has 0 bridgehead atoms. The molecular formula is C4H6ClNO2S2. The van der Waals surface area contributed by atoms with E-state index in [4.69, 9.17) is 11.6 Å². The molecule has 3 nitrogen and oxygen atoms in total. The summed E-state index contributed by atoms with van der Waals surface area (Å²) in [6.45, 7) is 1.73. The van der Waals surface area contributed by atoms with Gasteiger partial charge in [0, 0.05) is 0 Å². The van der Waals surface area contributed by atoms with E-state index in [0.717, 1.165) is 11.8 Å². The van der Waals surface area contributed by atoms with Crippen molar-refractivity contribution in [1.82, 2.24) is 0 Å². The lowest BCUT2D eigenvalue weighted by molar-refractivity contribution is 0.606. The standard InChI is InChI=1S/C4H6ClNO2S2/c1-2-3(10(7)8)9-4(5)6-2/h2-3,10H,1H3. The Bertz CT molecular complexity index is 229. The van der Waals surface area contributed by atoms with E-state index in [9.17, 15) is 8.42 Å². The van der Waals surface area contributed by atoms with Crippen LogP contribution in [0.2, 0.25) is 0 Å². The second-order valence-electron chi connectivity index (χ2n) is 1.92. The molecule has 0 spiro atoms. The first-order valence-electron chi connectivity index (χ1n) is 2.64. The maximum atomic E-state index is 10.4. The smallest absolute Gasteiger partial charge is 0.159 e. The maximum absolute atomic E-state index is 10.4. The van der Waals surface area contributed by atoms with Crippen LogP contribution in [0.3, 0.4) is 0 Å². The summed E-state index contributed by atoms with van der Waals surface area (Å²) in [6, 6.07) is -0.196. The van der Waals surface area contributed by atoms with Gasteiger partial charge in [0.15, 0.2) is 15.2 Å². The van der Waals surface area contributed by atoms with Crippen molar-refractivity contribution in [3.63, 3.8) is 0 Å². The fourth-order valence-electron chi connectivity index (χ4n) is 0.672. The Morgan fingerprint density at radius 1 is 1.70 bits per heavy atom. The Morgan fingerprint density at radius 2 is 2.30 bits per heavy atom. The summed E-state index contributed by atoms with van der Waals surface area (Å²) in [4.78, 5) is 3.85. The Kier molecular flexibility index (Phi) is 2.60. The highest BCUT2D eigenvalue weighted by molar-refractivity contribution is 8.22. The summed E-state index contributed by atoms with van der Waals surface area (Å²) in [5.41, 5.74) is 0. The lowest BCUT2D eigenvalue weighted by Gasteiger charge is -2.01. The highest BCUT2D eigenvalue weighted by Gasteiger charge is 2.28. The second kappa shape index (κ2) is 3.11. The minimum absolute atomic E-state index is 0.196. The Morgan fingerprint density at radius 3 is 2.50 bits per heavy atom. The minimum atomic E-state index is -2.40. The van der Waals surface area contributed by atoms with Crippen LogP contribution in [-0.2, 0) is 10.7 Å². The molecular weight excluding hydrogens is 194 g/mol. The van der Waals surface area contributed by atoms with Gasteiger partial charge in [-0.3, -0.25) is 4.99 Å². The largest absolute Gasteiger partial charge is 0.262 e. The van der Waals surface area contributed by atoms with Crippen molar-refractivity contribution in [1.29, 1.82) is 0 Å². The van der Waals surface area contributed by atoms with Gasteiger partial charge in [0.1, 0.15) is 4.58 Å². The molecule has 0 aromatic heterocycles. The summed E-state index contributed by atoms with van der Waals surface area (Å²) >= 11 is 6.59. The Hall–Kier alpha value is 0.260. The Balaban J connectivity index is 2.73. The van der Waals surface area contributed by atoms with Crippen LogP contribution in [-0.4, -0.2) is 23.5 Å². The Labute approximate surface area is 69.8 Å². The van der Waals surface area contributed by atoms with Gasteiger partial charge in [-0.25, -0.2) is 8.42 Å². The van der Waals surface area contributed by atoms with Gasteiger partial charge < -0.3 is 0 Å². The van der Waals surface area contributed by atoms with Crippen molar-refractivity contribution in [2.24, 2.45) is 4.99 Å². The highest BCUT2D eigenvalue weighted by atomic mass is 35.5. The average Bonchev–Trinajstić information content (AvgIpc) is 2.10. The van der Waals surface area contributed by atoms with Crippen molar-refractivity contribution < 1.29 is 8.42 Å². The van der Waals surface area contributed by atoms with Crippen molar-refractivity contribution >= 4 is 38.6 Å². The molecule has 0 aliphatic carbocycles. The number of aliphatic imine (C=N–C) groups is 1. The SMILES string of the molecule is CC1N=C(Cl)SC1[SH](=O)=O. The third-order valence-corrected chi connectivity index (χ3v) is 4.12. The normalized spacial score (nSPS) is 32.9. The number of hydrogen-bond donors (Lipinski definition) is 1. The quantitative estimate of drug-likeness (QED) is 0.631. The van der Waals surface area contributed by atoms with Crippen LogP contribution < -0.4 is 0 Å². The van der Waals surface area contributed by atoms with Crippen molar-refractivity contribution in [3.05, 3.63) is 0 Å². The number of hydrogen-bond acceptors (Lipinski definition) is 4. The first kappa shape index (κ1) is 8.36. The summed E-state index contributed by atoms with van der Waals surface area (Å²) in [7, 11) is -2.40. The van der Waals surface area contributed by atoms with Crippen molar-refractivity contribution in [3.8, 4) is 0 Å². The van der Waals surface area contributed by atoms with Crippen LogP contribution >= 0.6 is 23.4 Å². The predicted molar refractivity (Wildman–Crippen MR) is 44.4 cm³/mol. The number of thiol groups is 1. The van der Waals surface area contributed by atoms with Gasteiger partial charge in [-0.2, -0.15) is 0 Å². The van der Waals surface area contributed by atoms with Crippen LogP contribution in [0, 0.1) is 0 Å². The third kappa shape index (κ3) is 1.65. The molecule has 6 heteroatoms. The molecule has 0 saturated heterocycles. The lowest BCUT2D eigenvalue weighted by Crippen LogP contribution is -2.14. The van der Waals surface area contributed by atoms with Crippen LogP contribution in [0.15, 0.2) is 4.99 Å². The fourth-order valence-corrected chi connectivity index (χ4v) is 3.05. The fraction of sp³-hybridized carbons (Fsp3) is 0.750. The molecule has 1 aliphatic heterocycles. The van der Waals surface area contributed by atoms with Gasteiger partial charge in [0.2, 0.25) is 0 Å². The molecule has 0 N–H and O–H groups in total. The molecule has 1 aliphatic rings. The molecule has 0 aromatic carbocycles. The van der Waals surface area contributed by atoms with Gasteiger partial charge in [-0.05, 0) is 6.92 Å². The van der Waals surface area contributed by atoms with Crippen LogP contribution in [0.25, 0.3) is 0 Å². The zero-order chi connectivity index (χ0) is 7.72. The lowest BCUT2D eigenvalue weighted by atomic mass is 10.4. The zero-order valence-electron chi connectivity index (χ0n) is 5.15. The van der Waals surface area contributed by atoms with Gasteiger partial charge >= 0.3 is 0 Å². The molecule has 0 radical (unpaired) electrons. The number of halogens is 1. The van der Waals surface area contributed by atoms with Crippen LogP contribution in [0.1, 0.15) is 6.92 Å². The monoisotopic (exact) mass is 199 g/mol. The molecule has 0 amide bonds. The molecule has 1 rings (SSSR count). The average molecular weight is 200 g/mol. The summed E-state index contributed by atoms with van der Waals surface area (Å²) < 4.78 is 20.8. The number of rotatable bonds is 1. The highest BCUT2D eigenvalue weighted by Crippen LogP contribution is 2.28. The van der Waals surface area contributed by atoms with E-state index >= 15 is 0 Å². The van der Waals surface area contributed by atoms with Crippen LogP contribution in [0.5, 0.6) is 0 Å². The molecule has 0 aromatic rings. The third-order valence-electron chi connectivity index (χ3n) is 1.14. The summed E-state index contributed by atoms with van der Waals surface area (Å²) in [5.74, 6) is 0.